The van der Waals surface area contributed by atoms with Gasteiger partial charge in [0, 0.05) is 27.8 Å². The van der Waals surface area contributed by atoms with Crippen molar-refractivity contribution in [1.82, 2.24) is 9.78 Å². The first kappa shape index (κ1) is 20.4. The Morgan fingerprint density at radius 3 is 2.52 bits per heavy atom. The molecule has 3 rings (SSSR count). The van der Waals surface area contributed by atoms with Crippen LogP contribution in [0.3, 0.4) is 0 Å². The van der Waals surface area contributed by atoms with Gasteiger partial charge in [-0.15, -0.1) is 0 Å². The van der Waals surface area contributed by atoms with Gasteiger partial charge in [0.05, 0.1) is 17.6 Å². The Labute approximate surface area is 193 Å². The Bertz CT molecular complexity index is 1010. The fourth-order valence-electron chi connectivity index (χ4n) is 2.49. The molecule has 0 aliphatic heterocycles. The van der Waals surface area contributed by atoms with Gasteiger partial charge in [0.2, 0.25) is 0 Å². The zero-order valence-corrected chi connectivity index (χ0v) is 18.0. The van der Waals surface area contributed by atoms with E-state index in [0.29, 0.717) is 15.2 Å². The van der Waals surface area contributed by atoms with Gasteiger partial charge in [-0.05, 0) is 18.2 Å². The second-order valence-corrected chi connectivity index (χ2v) is 6.16. The predicted molar refractivity (Wildman–Crippen MR) is 87.9 cm³/mol. The van der Waals surface area contributed by atoms with Crippen molar-refractivity contribution in [1.29, 1.82) is 0 Å². The van der Waals surface area contributed by atoms with Gasteiger partial charge in [0.1, 0.15) is 5.82 Å². The summed E-state index contributed by atoms with van der Waals surface area (Å²) in [6.07, 6.45) is -0.427. The molecule has 0 radical (unpaired) electrons. The summed E-state index contributed by atoms with van der Waals surface area (Å²) in [5.74, 6) is -1.78. The van der Waals surface area contributed by atoms with Crippen LogP contribution in [0, 0.1) is 5.82 Å². The van der Waals surface area contributed by atoms with Crippen molar-refractivity contribution >= 4 is 32.7 Å². The molecule has 0 atom stereocenters. The topological polar surface area (TPSA) is 75.0 Å². The first-order chi connectivity index (χ1) is 11.5. The van der Waals surface area contributed by atoms with Gasteiger partial charge in [-0.2, -0.15) is 5.10 Å². The molecule has 0 saturated carbocycles. The molecule has 0 bridgehead atoms. The van der Waals surface area contributed by atoms with E-state index < -0.39 is 23.8 Å². The normalized spacial score (nSPS) is 10.5. The Hall–Kier alpha value is -0.904. The van der Waals surface area contributed by atoms with Crippen LogP contribution in [-0.2, 0) is 17.8 Å². The van der Waals surface area contributed by atoms with Crippen LogP contribution in [0.25, 0.3) is 10.8 Å². The number of aliphatic carboxylic acids is 1. The van der Waals surface area contributed by atoms with Gasteiger partial charge >= 0.3 is 51.4 Å². The molecule has 0 aliphatic carbocycles. The van der Waals surface area contributed by atoms with Crippen LogP contribution in [0.5, 0.6) is 0 Å². The van der Waals surface area contributed by atoms with Gasteiger partial charge in [0.25, 0.3) is 5.56 Å². The number of benzene rings is 2. The van der Waals surface area contributed by atoms with E-state index in [9.17, 15) is 19.1 Å². The summed E-state index contributed by atoms with van der Waals surface area (Å²) in [4.78, 5) is 23.5. The van der Waals surface area contributed by atoms with Crippen LogP contribution >= 0.6 is 15.9 Å². The molecule has 25 heavy (non-hydrogen) atoms. The summed E-state index contributed by atoms with van der Waals surface area (Å²) >= 11 is 3.17. The summed E-state index contributed by atoms with van der Waals surface area (Å²) < 4.78 is 15.7. The van der Waals surface area contributed by atoms with Crippen molar-refractivity contribution in [3.8, 4) is 0 Å². The average molecular weight is 429 g/mol. The van der Waals surface area contributed by atoms with Crippen LogP contribution in [0.2, 0.25) is 0 Å². The van der Waals surface area contributed by atoms with E-state index in [1.807, 2.05) is 0 Å². The van der Waals surface area contributed by atoms with Crippen molar-refractivity contribution in [2.45, 2.75) is 13.0 Å². The van der Waals surface area contributed by atoms with E-state index in [2.05, 4.69) is 21.0 Å². The molecule has 8 heteroatoms. The van der Waals surface area contributed by atoms with E-state index >= 15 is 0 Å². The maximum Gasteiger partial charge on any atom is 1.00 e. The summed E-state index contributed by atoms with van der Waals surface area (Å²) in [6, 6.07) is 11.1. The number of carboxylic acids is 1. The van der Waals surface area contributed by atoms with E-state index in [1.165, 1.54) is 6.07 Å². The number of aromatic nitrogens is 2. The third kappa shape index (κ3) is 4.63. The molecule has 0 aliphatic rings. The van der Waals surface area contributed by atoms with Gasteiger partial charge in [-0.3, -0.25) is 4.79 Å². The van der Waals surface area contributed by atoms with Gasteiger partial charge in [-0.25, -0.2) is 9.07 Å². The van der Waals surface area contributed by atoms with Crippen molar-refractivity contribution in [3.63, 3.8) is 0 Å². The molecule has 122 valence electrons. The summed E-state index contributed by atoms with van der Waals surface area (Å²) in [6.45, 7) is -0.0944. The Morgan fingerprint density at radius 2 is 1.88 bits per heavy atom. The molecule has 1 heterocycles. The number of carbonyl (C=O) groups excluding carboxylic acids is 1. The zero-order chi connectivity index (χ0) is 17.3. The molecule has 0 N–H and O–H groups in total. The predicted octanol–water partition coefficient (Wildman–Crippen LogP) is -1.36. The summed E-state index contributed by atoms with van der Waals surface area (Å²) in [7, 11) is 0. The zero-order valence-electron chi connectivity index (χ0n) is 13.3. The minimum absolute atomic E-state index is 0. The largest absolute Gasteiger partial charge is 1.00 e. The number of hydrogen-bond donors (Lipinski definition) is 0. The Kier molecular flexibility index (Phi) is 7.07. The molecule has 0 saturated heterocycles. The van der Waals surface area contributed by atoms with E-state index in [1.54, 1.807) is 36.4 Å². The molecule has 0 unspecified atom stereocenters. The Morgan fingerprint density at radius 1 is 1.20 bits per heavy atom. The van der Waals surface area contributed by atoms with Crippen molar-refractivity contribution in [3.05, 3.63) is 74.4 Å². The summed E-state index contributed by atoms with van der Waals surface area (Å²) in [5.41, 5.74) is 0.0835. The van der Waals surface area contributed by atoms with E-state index in [0.717, 1.165) is 4.68 Å². The van der Waals surface area contributed by atoms with Crippen molar-refractivity contribution in [2.75, 3.05) is 0 Å². The fourth-order valence-corrected chi connectivity index (χ4v) is 2.82. The molecular formula is C17H11BrFKN2O3. The van der Waals surface area contributed by atoms with Crippen LogP contribution in [0.15, 0.2) is 51.7 Å². The first-order valence-electron chi connectivity index (χ1n) is 7.08. The SMILES string of the molecule is O=C([O-])Cc1nn(Cc2ccc(Br)cc2F)c(=O)c2ccccc12.[K+]. The maximum atomic E-state index is 14.0. The number of fused-ring (bicyclic) bond motifs is 1. The van der Waals surface area contributed by atoms with E-state index in [4.69, 9.17) is 0 Å². The molecule has 0 fully saturated rings. The molecule has 3 aromatic rings. The third-order valence-corrected chi connectivity index (χ3v) is 4.08. The van der Waals surface area contributed by atoms with Crippen molar-refractivity contribution < 1.29 is 65.7 Å². The smallest absolute Gasteiger partial charge is 0.550 e. The molecule has 0 amide bonds. The molecule has 5 nitrogen and oxygen atoms in total. The minimum atomic E-state index is -1.30. The third-order valence-electron chi connectivity index (χ3n) is 3.59. The monoisotopic (exact) mass is 428 g/mol. The fraction of sp³-hybridized carbons (Fsp3) is 0.118. The van der Waals surface area contributed by atoms with Gasteiger partial charge in [-0.1, -0.05) is 40.2 Å². The second kappa shape index (κ2) is 8.65. The van der Waals surface area contributed by atoms with Gasteiger partial charge in [0.15, 0.2) is 0 Å². The molecular weight excluding hydrogens is 418 g/mol. The Balaban J connectivity index is 0.00000225. The number of rotatable bonds is 4. The minimum Gasteiger partial charge on any atom is -0.550 e. The first-order valence-corrected chi connectivity index (χ1v) is 7.87. The average Bonchev–Trinajstić information content (AvgIpc) is 2.54. The summed E-state index contributed by atoms with van der Waals surface area (Å²) in [5, 5.41) is 15.9. The molecule has 2 aromatic carbocycles. The number of halogens is 2. The number of carboxylic acid groups (broad SMARTS) is 1. The number of hydrogen-bond acceptors (Lipinski definition) is 4. The standard InChI is InChI=1S/C17H12BrFN2O3.K/c18-11-6-5-10(14(19)7-11)9-21-17(24)13-4-2-1-3-12(13)15(20-21)8-16(22)23;/h1-7H,8-9H2,(H,22,23);/q;+1/p-1. The van der Waals surface area contributed by atoms with Crippen molar-refractivity contribution in [2.24, 2.45) is 0 Å². The molecule has 0 spiro atoms. The number of nitrogens with zero attached hydrogens (tertiary/aromatic N) is 2. The quantitative estimate of drug-likeness (QED) is 0.481. The van der Waals surface area contributed by atoms with Crippen LogP contribution in [0.1, 0.15) is 11.3 Å². The second-order valence-electron chi connectivity index (χ2n) is 5.24. The van der Waals surface area contributed by atoms with Crippen LogP contribution in [-0.4, -0.2) is 15.7 Å². The van der Waals surface area contributed by atoms with E-state index in [-0.39, 0.29) is 69.2 Å². The number of carbonyl (C=O) groups is 1. The van der Waals surface area contributed by atoms with Crippen LogP contribution < -0.4 is 62.1 Å². The van der Waals surface area contributed by atoms with Gasteiger partial charge < -0.3 is 9.90 Å². The maximum absolute atomic E-state index is 14.0. The molecule has 1 aromatic heterocycles. The van der Waals surface area contributed by atoms with Crippen LogP contribution in [0.4, 0.5) is 4.39 Å².